The van der Waals surface area contributed by atoms with Crippen LogP contribution in [0.4, 0.5) is 5.82 Å². The minimum Gasteiger partial charge on any atom is -0.355 e. The van der Waals surface area contributed by atoms with Gasteiger partial charge in [0.25, 0.3) is 0 Å². The van der Waals surface area contributed by atoms with E-state index in [1.807, 2.05) is 18.0 Å². The molecule has 0 aliphatic carbocycles. The number of aromatic amines is 1. The Morgan fingerprint density at radius 3 is 3.11 bits per heavy atom. The van der Waals surface area contributed by atoms with Crippen LogP contribution in [0.5, 0.6) is 0 Å². The van der Waals surface area contributed by atoms with E-state index in [1.54, 1.807) is 6.07 Å². The van der Waals surface area contributed by atoms with Crippen molar-refractivity contribution in [3.8, 4) is 6.07 Å². The molecular weight excluding hydrogens is 230 g/mol. The molecule has 2 rings (SSSR count). The fourth-order valence-corrected chi connectivity index (χ4v) is 2.33. The fourth-order valence-electron chi connectivity index (χ4n) is 2.33. The molecule has 0 aromatic carbocycles. The van der Waals surface area contributed by atoms with Crippen molar-refractivity contribution in [1.82, 2.24) is 14.9 Å². The van der Waals surface area contributed by atoms with Gasteiger partial charge in [0.15, 0.2) is 0 Å². The Bertz CT molecular complexity index is 518. The van der Waals surface area contributed by atoms with Gasteiger partial charge < -0.3 is 9.80 Å². The number of nitrogens with one attached hydrogen (secondary N) is 1. The van der Waals surface area contributed by atoms with E-state index in [2.05, 4.69) is 21.9 Å². The molecule has 0 amide bonds. The van der Waals surface area contributed by atoms with Gasteiger partial charge in [-0.25, -0.2) is 4.79 Å². The summed E-state index contributed by atoms with van der Waals surface area (Å²) < 4.78 is 0. The van der Waals surface area contributed by atoms with Gasteiger partial charge in [0, 0.05) is 25.7 Å². The summed E-state index contributed by atoms with van der Waals surface area (Å²) in [5, 5.41) is 8.85. The van der Waals surface area contributed by atoms with Crippen LogP contribution in [-0.2, 0) is 0 Å². The molecule has 6 nitrogen and oxygen atoms in total. The Morgan fingerprint density at radius 1 is 1.67 bits per heavy atom. The summed E-state index contributed by atoms with van der Waals surface area (Å²) in [6, 6.07) is 3.90. The minimum atomic E-state index is -0.472. The van der Waals surface area contributed by atoms with Crippen molar-refractivity contribution in [2.75, 3.05) is 32.1 Å². The van der Waals surface area contributed by atoms with Crippen LogP contribution in [0.3, 0.4) is 0 Å². The van der Waals surface area contributed by atoms with Gasteiger partial charge in [0.1, 0.15) is 17.6 Å². The molecule has 1 saturated heterocycles. The molecule has 6 heteroatoms. The first-order chi connectivity index (χ1) is 8.60. The Balaban J connectivity index is 2.22. The summed E-state index contributed by atoms with van der Waals surface area (Å²) in [6.07, 6.45) is 2.22. The van der Waals surface area contributed by atoms with E-state index in [4.69, 9.17) is 5.26 Å². The number of nitrogens with zero attached hydrogens (tertiary/aromatic N) is 4. The van der Waals surface area contributed by atoms with Crippen LogP contribution in [0.2, 0.25) is 0 Å². The zero-order valence-electron chi connectivity index (χ0n) is 10.7. The van der Waals surface area contributed by atoms with E-state index in [9.17, 15) is 4.79 Å². The molecule has 0 bridgehead atoms. The highest BCUT2D eigenvalue weighted by atomic mass is 16.1. The highest BCUT2D eigenvalue weighted by Gasteiger charge is 2.22. The molecule has 1 aromatic rings. The second-order valence-corrected chi connectivity index (χ2v) is 4.74. The third kappa shape index (κ3) is 2.68. The number of likely N-dealkylation sites (tertiary alicyclic amines) is 1. The normalized spacial score (nSPS) is 20.4. The van der Waals surface area contributed by atoms with Gasteiger partial charge in [0.05, 0.1) is 0 Å². The van der Waals surface area contributed by atoms with E-state index in [1.165, 1.54) is 0 Å². The second-order valence-electron chi connectivity index (χ2n) is 4.74. The van der Waals surface area contributed by atoms with Crippen molar-refractivity contribution in [1.29, 1.82) is 5.26 Å². The lowest BCUT2D eigenvalue weighted by Gasteiger charge is -2.36. The van der Waals surface area contributed by atoms with E-state index < -0.39 is 5.69 Å². The number of likely N-dealkylation sites (N-methyl/N-ethyl adjacent to an activating group) is 2. The number of piperidine rings is 1. The molecule has 2 heterocycles. The zero-order valence-corrected chi connectivity index (χ0v) is 10.7. The van der Waals surface area contributed by atoms with Crippen LogP contribution in [-0.4, -0.2) is 48.1 Å². The molecule has 1 aromatic heterocycles. The van der Waals surface area contributed by atoms with Crippen LogP contribution in [0.25, 0.3) is 0 Å². The SMILES string of the molecule is CN1CCCC(N(C)c2cc(C#N)[nH]c(=O)n2)C1. The number of rotatable bonds is 2. The molecule has 1 aliphatic heterocycles. The molecule has 96 valence electrons. The van der Waals surface area contributed by atoms with Crippen LogP contribution in [0, 0.1) is 11.3 Å². The van der Waals surface area contributed by atoms with Crippen molar-refractivity contribution in [3.63, 3.8) is 0 Å². The molecule has 1 N–H and O–H groups in total. The van der Waals surface area contributed by atoms with Crippen LogP contribution >= 0.6 is 0 Å². The number of anilines is 1. The lowest BCUT2D eigenvalue weighted by atomic mass is 10.1. The molecule has 18 heavy (non-hydrogen) atoms. The summed E-state index contributed by atoms with van der Waals surface area (Å²) >= 11 is 0. The standard InChI is InChI=1S/C12H17N5O/c1-16-5-3-4-10(8-16)17(2)11-6-9(7-13)14-12(18)15-11/h6,10H,3-5,8H2,1-2H3,(H,14,15,18). The second kappa shape index (κ2) is 5.19. The highest BCUT2D eigenvalue weighted by molar-refractivity contribution is 5.42. The summed E-state index contributed by atoms with van der Waals surface area (Å²) in [7, 11) is 4.01. The first-order valence-corrected chi connectivity index (χ1v) is 6.03. The molecule has 1 fully saturated rings. The predicted molar refractivity (Wildman–Crippen MR) is 68.5 cm³/mol. The Hall–Kier alpha value is -1.87. The molecule has 1 aliphatic rings. The average Bonchev–Trinajstić information content (AvgIpc) is 2.37. The highest BCUT2D eigenvalue weighted by Crippen LogP contribution is 2.18. The molecule has 0 spiro atoms. The van der Waals surface area contributed by atoms with Crippen LogP contribution in [0.1, 0.15) is 18.5 Å². The first kappa shape index (κ1) is 12.6. The number of hydrogen-bond donors (Lipinski definition) is 1. The van der Waals surface area contributed by atoms with Crippen molar-refractivity contribution < 1.29 is 0 Å². The summed E-state index contributed by atoms with van der Waals surface area (Å²) in [6.45, 7) is 2.06. The number of hydrogen-bond acceptors (Lipinski definition) is 5. The van der Waals surface area contributed by atoms with Crippen molar-refractivity contribution >= 4 is 5.82 Å². The van der Waals surface area contributed by atoms with Gasteiger partial charge in [0.2, 0.25) is 0 Å². The maximum absolute atomic E-state index is 11.4. The number of nitriles is 1. The molecular formula is C12H17N5O. The van der Waals surface area contributed by atoms with Gasteiger partial charge in [-0.3, -0.25) is 4.98 Å². The van der Waals surface area contributed by atoms with E-state index in [-0.39, 0.29) is 5.69 Å². The number of H-pyrrole nitrogens is 1. The van der Waals surface area contributed by atoms with Gasteiger partial charge in [-0.15, -0.1) is 0 Å². The molecule has 1 atom stereocenters. The van der Waals surface area contributed by atoms with Crippen molar-refractivity contribution in [2.45, 2.75) is 18.9 Å². The predicted octanol–water partition coefficient (Wildman–Crippen LogP) is 0.172. The quantitative estimate of drug-likeness (QED) is 0.806. The van der Waals surface area contributed by atoms with Crippen molar-refractivity contribution in [2.24, 2.45) is 0 Å². The Morgan fingerprint density at radius 2 is 2.44 bits per heavy atom. The van der Waals surface area contributed by atoms with Crippen molar-refractivity contribution in [3.05, 3.63) is 22.2 Å². The lowest BCUT2D eigenvalue weighted by Crippen LogP contribution is -2.45. The van der Waals surface area contributed by atoms with Gasteiger partial charge in [-0.05, 0) is 26.4 Å². The summed E-state index contributed by atoms with van der Waals surface area (Å²) in [5.41, 5.74) is -0.221. The molecule has 0 saturated carbocycles. The third-order valence-electron chi connectivity index (χ3n) is 3.36. The van der Waals surface area contributed by atoms with Crippen LogP contribution < -0.4 is 10.6 Å². The van der Waals surface area contributed by atoms with Gasteiger partial charge in [-0.1, -0.05) is 0 Å². The smallest absolute Gasteiger partial charge is 0.347 e. The van der Waals surface area contributed by atoms with Crippen LogP contribution in [0.15, 0.2) is 10.9 Å². The van der Waals surface area contributed by atoms with Gasteiger partial charge >= 0.3 is 5.69 Å². The minimum absolute atomic E-state index is 0.251. The Labute approximate surface area is 106 Å². The monoisotopic (exact) mass is 247 g/mol. The van der Waals surface area contributed by atoms with E-state index in [0.717, 1.165) is 25.9 Å². The topological polar surface area (TPSA) is 76.0 Å². The lowest BCUT2D eigenvalue weighted by molar-refractivity contribution is 0.247. The average molecular weight is 247 g/mol. The Kier molecular flexibility index (Phi) is 3.63. The number of aromatic nitrogens is 2. The maximum atomic E-state index is 11.4. The fraction of sp³-hybridized carbons (Fsp3) is 0.583. The van der Waals surface area contributed by atoms with E-state index >= 15 is 0 Å². The maximum Gasteiger partial charge on any atom is 0.347 e. The third-order valence-corrected chi connectivity index (χ3v) is 3.36. The van der Waals surface area contributed by atoms with Gasteiger partial charge in [-0.2, -0.15) is 10.2 Å². The van der Waals surface area contributed by atoms with E-state index in [0.29, 0.717) is 11.9 Å². The molecule has 1 unspecified atom stereocenters. The summed E-state index contributed by atoms with van der Waals surface area (Å²) in [5.74, 6) is 0.565. The zero-order chi connectivity index (χ0) is 13.1. The summed E-state index contributed by atoms with van der Waals surface area (Å²) in [4.78, 5) is 22.0. The largest absolute Gasteiger partial charge is 0.355 e. The first-order valence-electron chi connectivity index (χ1n) is 6.03. The molecule has 0 radical (unpaired) electrons.